The maximum atomic E-state index is 13.0. The summed E-state index contributed by atoms with van der Waals surface area (Å²) in [6.07, 6.45) is 0. The van der Waals surface area contributed by atoms with E-state index in [-0.39, 0.29) is 30.7 Å². The molecular weight excluding hydrogens is 352 g/mol. The number of nitrogens with zero attached hydrogens (tertiary/aromatic N) is 4. The molecule has 144 valence electrons. The second-order valence-corrected chi connectivity index (χ2v) is 6.57. The monoisotopic (exact) mass is 374 g/mol. The minimum absolute atomic E-state index is 0.0616. The normalized spacial score (nSPS) is 18.6. The van der Waals surface area contributed by atoms with Gasteiger partial charge in [0.1, 0.15) is 5.70 Å². The van der Waals surface area contributed by atoms with E-state index in [1.54, 1.807) is 0 Å². The lowest BCUT2D eigenvalue weighted by atomic mass is 10.0. The second kappa shape index (κ2) is 7.85. The number of nitro benzene ring substituents is 1. The zero-order valence-electron chi connectivity index (χ0n) is 15.4. The molecule has 3 rings (SSSR count). The van der Waals surface area contributed by atoms with Crippen LogP contribution in [0, 0.1) is 10.1 Å². The van der Waals surface area contributed by atoms with Crippen molar-refractivity contribution in [2.45, 2.75) is 0 Å². The molecule has 1 fully saturated rings. The van der Waals surface area contributed by atoms with Crippen LogP contribution in [0.2, 0.25) is 0 Å². The van der Waals surface area contributed by atoms with Crippen molar-refractivity contribution in [3.05, 3.63) is 45.6 Å². The molecule has 0 bridgehead atoms. The maximum Gasteiger partial charge on any atom is 0.277 e. The molecule has 2 amide bonds. The molecule has 2 aliphatic heterocycles. The molecule has 0 atom stereocenters. The highest BCUT2D eigenvalue weighted by atomic mass is 16.6. The molecule has 2 heterocycles. The minimum Gasteiger partial charge on any atom is -0.383 e. The number of nitro groups is 1. The summed E-state index contributed by atoms with van der Waals surface area (Å²) in [7, 11) is 3.52. The fourth-order valence-electron chi connectivity index (χ4n) is 3.28. The lowest BCUT2D eigenvalue weighted by Crippen LogP contribution is -2.46. The van der Waals surface area contributed by atoms with Gasteiger partial charge in [-0.05, 0) is 24.7 Å². The van der Waals surface area contributed by atoms with E-state index in [2.05, 4.69) is 4.90 Å². The Labute approximate surface area is 156 Å². The van der Waals surface area contributed by atoms with Crippen LogP contribution >= 0.6 is 0 Å². The van der Waals surface area contributed by atoms with Gasteiger partial charge in [0.05, 0.1) is 23.6 Å². The van der Waals surface area contributed by atoms with Crippen molar-refractivity contribution in [3.63, 3.8) is 0 Å². The van der Waals surface area contributed by atoms with Crippen molar-refractivity contribution in [3.8, 4) is 0 Å². The van der Waals surface area contributed by atoms with Gasteiger partial charge in [0.15, 0.2) is 0 Å². The Kier molecular flexibility index (Phi) is 5.52. The van der Waals surface area contributed by atoms with E-state index in [4.69, 9.17) is 4.74 Å². The van der Waals surface area contributed by atoms with E-state index in [1.165, 1.54) is 36.3 Å². The van der Waals surface area contributed by atoms with Gasteiger partial charge in [0.2, 0.25) is 0 Å². The van der Waals surface area contributed by atoms with Crippen LogP contribution in [0.5, 0.6) is 0 Å². The van der Waals surface area contributed by atoms with Crippen molar-refractivity contribution in [1.82, 2.24) is 14.7 Å². The molecule has 1 saturated heterocycles. The molecule has 0 unspecified atom stereocenters. The van der Waals surface area contributed by atoms with Gasteiger partial charge in [-0.15, -0.1) is 0 Å². The topological polar surface area (TPSA) is 96.2 Å². The van der Waals surface area contributed by atoms with E-state index in [0.717, 1.165) is 13.1 Å². The molecule has 1 aromatic carbocycles. The Balaban J connectivity index is 2.00. The third kappa shape index (κ3) is 3.69. The highest BCUT2D eigenvalue weighted by molar-refractivity contribution is 6.35. The van der Waals surface area contributed by atoms with Gasteiger partial charge >= 0.3 is 0 Å². The van der Waals surface area contributed by atoms with E-state index in [9.17, 15) is 19.7 Å². The molecule has 9 nitrogen and oxygen atoms in total. The lowest BCUT2D eigenvalue weighted by Gasteiger charge is -2.34. The van der Waals surface area contributed by atoms with Gasteiger partial charge in [0.25, 0.3) is 17.5 Å². The number of carbonyl (C=O) groups is 2. The summed E-state index contributed by atoms with van der Waals surface area (Å²) in [5.74, 6) is -0.727. The van der Waals surface area contributed by atoms with Crippen LogP contribution in [0.15, 0.2) is 30.0 Å². The summed E-state index contributed by atoms with van der Waals surface area (Å²) in [5, 5.41) is 10.9. The molecular formula is C18H22N4O5. The van der Waals surface area contributed by atoms with E-state index >= 15 is 0 Å². The first-order chi connectivity index (χ1) is 12.9. The summed E-state index contributed by atoms with van der Waals surface area (Å²) in [5.41, 5.74) is 1.12. The summed E-state index contributed by atoms with van der Waals surface area (Å²) in [6.45, 7) is 3.27. The van der Waals surface area contributed by atoms with Crippen LogP contribution in [0.4, 0.5) is 5.69 Å². The smallest absolute Gasteiger partial charge is 0.277 e. The Hall–Kier alpha value is -2.78. The largest absolute Gasteiger partial charge is 0.383 e. The van der Waals surface area contributed by atoms with Crippen molar-refractivity contribution in [2.24, 2.45) is 0 Å². The minimum atomic E-state index is -0.494. The van der Waals surface area contributed by atoms with Crippen molar-refractivity contribution < 1.29 is 19.2 Å². The number of hydrogen-bond acceptors (Lipinski definition) is 7. The number of likely N-dealkylation sites (N-methyl/N-ethyl adjacent to an activating group) is 1. The van der Waals surface area contributed by atoms with Crippen LogP contribution in [0.3, 0.4) is 0 Å². The number of benzene rings is 1. The molecule has 2 aliphatic rings. The fraction of sp³-hybridized carbons (Fsp3) is 0.444. The number of ether oxygens (including phenoxy) is 1. The van der Waals surface area contributed by atoms with Gasteiger partial charge < -0.3 is 14.5 Å². The van der Waals surface area contributed by atoms with Crippen molar-refractivity contribution in [2.75, 3.05) is 53.5 Å². The number of piperazine rings is 1. The highest BCUT2D eigenvalue weighted by Crippen LogP contribution is 2.32. The Morgan fingerprint density at radius 1 is 1.07 bits per heavy atom. The molecule has 0 aromatic heterocycles. The van der Waals surface area contributed by atoms with E-state index < -0.39 is 4.92 Å². The number of hydrogen-bond donors (Lipinski definition) is 0. The van der Waals surface area contributed by atoms with Crippen molar-refractivity contribution >= 4 is 23.1 Å². The first-order valence-corrected chi connectivity index (χ1v) is 8.71. The van der Waals surface area contributed by atoms with E-state index in [0.29, 0.717) is 29.9 Å². The summed E-state index contributed by atoms with van der Waals surface area (Å²) < 4.78 is 5.02. The first-order valence-electron chi connectivity index (χ1n) is 8.71. The summed E-state index contributed by atoms with van der Waals surface area (Å²) in [4.78, 5) is 41.7. The average Bonchev–Trinajstić information content (AvgIpc) is 2.91. The molecule has 1 aromatic rings. The third-order valence-electron chi connectivity index (χ3n) is 4.85. The quantitative estimate of drug-likeness (QED) is 0.408. The number of imide groups is 1. The predicted octanol–water partition coefficient (Wildman–Crippen LogP) is 0.569. The van der Waals surface area contributed by atoms with Gasteiger partial charge in [-0.1, -0.05) is 0 Å². The zero-order chi connectivity index (χ0) is 19.6. The van der Waals surface area contributed by atoms with Crippen LogP contribution in [-0.2, 0) is 14.3 Å². The molecule has 0 spiro atoms. The fourth-order valence-corrected chi connectivity index (χ4v) is 3.28. The number of non-ortho nitro benzene ring substituents is 1. The lowest BCUT2D eigenvalue weighted by molar-refractivity contribution is -0.384. The zero-order valence-corrected chi connectivity index (χ0v) is 15.4. The van der Waals surface area contributed by atoms with Gasteiger partial charge in [-0.25, -0.2) is 0 Å². The molecule has 0 aliphatic carbocycles. The number of amides is 2. The Bertz CT molecular complexity index is 781. The summed E-state index contributed by atoms with van der Waals surface area (Å²) in [6, 6.07) is 5.74. The van der Waals surface area contributed by atoms with Gasteiger partial charge in [0, 0.05) is 45.4 Å². The Morgan fingerprint density at radius 2 is 1.70 bits per heavy atom. The summed E-state index contributed by atoms with van der Waals surface area (Å²) >= 11 is 0. The maximum absolute atomic E-state index is 13.0. The molecule has 9 heteroatoms. The standard InChI is InChI=1S/C18H22N4O5/c1-19-7-9-20(10-8-19)16-15(13-3-5-14(6-4-13)22(25)26)17(23)21(18(16)24)11-12-27-2/h3-6H,7-12H2,1-2H3. The van der Waals surface area contributed by atoms with Crippen LogP contribution in [-0.4, -0.2) is 84.9 Å². The Morgan fingerprint density at radius 3 is 2.26 bits per heavy atom. The third-order valence-corrected chi connectivity index (χ3v) is 4.85. The molecule has 0 saturated carbocycles. The average molecular weight is 374 g/mol. The second-order valence-electron chi connectivity index (χ2n) is 6.57. The van der Waals surface area contributed by atoms with Crippen LogP contribution < -0.4 is 0 Å². The predicted molar refractivity (Wildman–Crippen MR) is 97.7 cm³/mol. The molecule has 27 heavy (non-hydrogen) atoms. The van der Waals surface area contributed by atoms with Gasteiger partial charge in [-0.2, -0.15) is 0 Å². The van der Waals surface area contributed by atoms with Crippen molar-refractivity contribution in [1.29, 1.82) is 0 Å². The molecule has 0 radical (unpaired) electrons. The van der Waals surface area contributed by atoms with Crippen LogP contribution in [0.1, 0.15) is 5.56 Å². The van der Waals surface area contributed by atoms with Gasteiger partial charge in [-0.3, -0.25) is 24.6 Å². The van der Waals surface area contributed by atoms with Crippen LogP contribution in [0.25, 0.3) is 5.57 Å². The number of methoxy groups -OCH3 is 1. The number of carbonyl (C=O) groups excluding carboxylic acids is 2. The SMILES string of the molecule is COCCN1C(=O)C(c2ccc([N+](=O)[O-])cc2)=C(N2CCN(C)CC2)C1=O. The number of rotatable bonds is 6. The highest BCUT2D eigenvalue weighted by Gasteiger charge is 2.41. The molecule has 0 N–H and O–H groups in total. The first kappa shape index (κ1) is 19.0. The van der Waals surface area contributed by atoms with E-state index in [1.807, 2.05) is 11.9 Å².